The van der Waals surface area contributed by atoms with E-state index in [0.717, 1.165) is 24.0 Å². The molecule has 0 heterocycles. The standard InChI is InChI=1S/C18H21NO2/c1-11(2)15-5-4-12(3)8-16(15)18-13(6-7-19)9-14(20)10-17(18)21/h8-10,15-16,20-21H,1,4-6H2,2-3H3/t15-,16+/m0/s1. The molecule has 2 N–H and O–H groups in total. The van der Waals surface area contributed by atoms with Crippen LogP contribution in [0.25, 0.3) is 0 Å². The van der Waals surface area contributed by atoms with Crippen molar-refractivity contribution in [3.63, 3.8) is 0 Å². The molecule has 1 aliphatic rings. The first kappa shape index (κ1) is 15.2. The maximum atomic E-state index is 10.3. The monoisotopic (exact) mass is 283 g/mol. The van der Waals surface area contributed by atoms with Crippen molar-refractivity contribution in [1.82, 2.24) is 0 Å². The largest absolute Gasteiger partial charge is 0.508 e. The van der Waals surface area contributed by atoms with Gasteiger partial charge in [0.15, 0.2) is 0 Å². The molecule has 0 radical (unpaired) electrons. The smallest absolute Gasteiger partial charge is 0.123 e. The fourth-order valence-electron chi connectivity index (χ4n) is 3.20. The SMILES string of the molecule is C=C(C)[C@@H]1CCC(C)=C[C@H]1c1c(O)cc(O)cc1CC#N. The number of benzene rings is 1. The topological polar surface area (TPSA) is 64.2 Å². The van der Waals surface area contributed by atoms with Crippen molar-refractivity contribution in [3.05, 3.63) is 47.1 Å². The molecule has 1 aliphatic carbocycles. The molecule has 3 nitrogen and oxygen atoms in total. The Hall–Kier alpha value is -2.21. The summed E-state index contributed by atoms with van der Waals surface area (Å²) >= 11 is 0. The summed E-state index contributed by atoms with van der Waals surface area (Å²) < 4.78 is 0. The number of hydrogen-bond donors (Lipinski definition) is 2. The number of phenolic OH excluding ortho intramolecular Hbond substituents is 2. The highest BCUT2D eigenvalue weighted by atomic mass is 16.3. The molecule has 0 unspecified atom stereocenters. The average molecular weight is 283 g/mol. The van der Waals surface area contributed by atoms with Crippen LogP contribution >= 0.6 is 0 Å². The first-order valence-corrected chi connectivity index (χ1v) is 7.18. The van der Waals surface area contributed by atoms with Crippen LogP contribution in [0.3, 0.4) is 0 Å². The summed E-state index contributed by atoms with van der Waals surface area (Å²) in [4.78, 5) is 0. The van der Waals surface area contributed by atoms with E-state index < -0.39 is 0 Å². The molecule has 0 bridgehead atoms. The molecule has 0 aliphatic heterocycles. The number of rotatable bonds is 3. The van der Waals surface area contributed by atoms with Gasteiger partial charge >= 0.3 is 0 Å². The molecule has 110 valence electrons. The van der Waals surface area contributed by atoms with Gasteiger partial charge in [0, 0.05) is 17.5 Å². The third-order valence-corrected chi connectivity index (χ3v) is 4.21. The first-order valence-electron chi connectivity index (χ1n) is 7.18. The van der Waals surface area contributed by atoms with Crippen molar-refractivity contribution >= 4 is 0 Å². The molecule has 3 heteroatoms. The summed E-state index contributed by atoms with van der Waals surface area (Å²) in [6, 6.07) is 5.03. The van der Waals surface area contributed by atoms with E-state index in [1.165, 1.54) is 11.6 Å². The second-order valence-electron chi connectivity index (χ2n) is 5.90. The molecular weight excluding hydrogens is 262 g/mol. The Morgan fingerprint density at radius 1 is 1.43 bits per heavy atom. The molecule has 1 aromatic rings. The second-order valence-corrected chi connectivity index (χ2v) is 5.90. The van der Waals surface area contributed by atoms with Crippen LogP contribution in [-0.4, -0.2) is 10.2 Å². The van der Waals surface area contributed by atoms with E-state index in [-0.39, 0.29) is 29.8 Å². The zero-order chi connectivity index (χ0) is 15.6. The van der Waals surface area contributed by atoms with Gasteiger partial charge < -0.3 is 10.2 Å². The van der Waals surface area contributed by atoms with Crippen LogP contribution in [0.15, 0.2) is 35.9 Å². The molecule has 0 amide bonds. The van der Waals surface area contributed by atoms with Crippen LogP contribution in [0.4, 0.5) is 0 Å². The van der Waals surface area contributed by atoms with Gasteiger partial charge in [-0.15, -0.1) is 0 Å². The molecule has 2 atom stereocenters. The van der Waals surface area contributed by atoms with E-state index in [1.807, 2.05) is 6.92 Å². The number of hydrogen-bond acceptors (Lipinski definition) is 3. The quantitative estimate of drug-likeness (QED) is 0.818. The highest BCUT2D eigenvalue weighted by Crippen LogP contribution is 2.45. The lowest BCUT2D eigenvalue weighted by Crippen LogP contribution is -2.18. The molecule has 0 saturated carbocycles. The lowest BCUT2D eigenvalue weighted by molar-refractivity contribution is 0.424. The normalized spacial score (nSPS) is 21.5. The van der Waals surface area contributed by atoms with Crippen molar-refractivity contribution in [1.29, 1.82) is 5.26 Å². The Balaban J connectivity index is 2.60. The third kappa shape index (κ3) is 3.11. The fourth-order valence-corrected chi connectivity index (χ4v) is 3.20. The summed E-state index contributed by atoms with van der Waals surface area (Å²) in [5, 5.41) is 29.0. The summed E-state index contributed by atoms with van der Waals surface area (Å²) in [6.07, 6.45) is 4.36. The minimum Gasteiger partial charge on any atom is -0.508 e. The van der Waals surface area contributed by atoms with Crippen LogP contribution in [0.1, 0.15) is 43.7 Å². The third-order valence-electron chi connectivity index (χ3n) is 4.21. The summed E-state index contributed by atoms with van der Waals surface area (Å²) in [5.74, 6) is 0.314. The highest BCUT2D eigenvalue weighted by molar-refractivity contribution is 5.51. The lowest BCUT2D eigenvalue weighted by Gasteiger charge is -2.32. The molecule has 0 saturated heterocycles. The number of nitriles is 1. The van der Waals surface area contributed by atoms with Crippen LogP contribution in [0.5, 0.6) is 11.5 Å². The van der Waals surface area contributed by atoms with Crippen LogP contribution < -0.4 is 0 Å². The zero-order valence-corrected chi connectivity index (χ0v) is 12.6. The number of allylic oxidation sites excluding steroid dienone is 3. The molecule has 0 spiro atoms. The average Bonchev–Trinajstić information content (AvgIpc) is 2.37. The maximum absolute atomic E-state index is 10.3. The Labute approximate surface area is 125 Å². The Kier molecular flexibility index (Phi) is 4.37. The summed E-state index contributed by atoms with van der Waals surface area (Å²) in [6.45, 7) is 8.17. The molecule has 21 heavy (non-hydrogen) atoms. The number of aromatic hydroxyl groups is 2. The van der Waals surface area contributed by atoms with Crippen molar-refractivity contribution in [2.75, 3.05) is 0 Å². The first-order chi connectivity index (χ1) is 9.93. The van der Waals surface area contributed by atoms with Crippen molar-refractivity contribution < 1.29 is 10.2 Å². The van der Waals surface area contributed by atoms with Gasteiger partial charge in [-0.25, -0.2) is 0 Å². The van der Waals surface area contributed by atoms with E-state index in [0.29, 0.717) is 5.56 Å². The van der Waals surface area contributed by atoms with Gasteiger partial charge in [-0.05, 0) is 44.2 Å². The highest BCUT2D eigenvalue weighted by Gasteiger charge is 2.29. The summed E-state index contributed by atoms with van der Waals surface area (Å²) in [5.41, 5.74) is 3.81. The molecular formula is C18H21NO2. The zero-order valence-electron chi connectivity index (χ0n) is 12.6. The van der Waals surface area contributed by atoms with E-state index in [4.69, 9.17) is 5.26 Å². The number of phenols is 2. The van der Waals surface area contributed by atoms with Crippen LogP contribution in [0, 0.1) is 17.2 Å². The lowest BCUT2D eigenvalue weighted by atomic mass is 9.72. The number of nitrogens with zero attached hydrogens (tertiary/aromatic N) is 1. The van der Waals surface area contributed by atoms with Crippen molar-refractivity contribution in [2.24, 2.45) is 5.92 Å². The van der Waals surface area contributed by atoms with E-state index in [1.54, 1.807) is 6.07 Å². The van der Waals surface area contributed by atoms with Gasteiger partial charge in [-0.3, -0.25) is 0 Å². The second kappa shape index (κ2) is 6.05. The Bertz CT molecular complexity index is 637. The minimum atomic E-state index is -0.00936. The van der Waals surface area contributed by atoms with E-state index >= 15 is 0 Å². The van der Waals surface area contributed by atoms with Gasteiger partial charge in [0.1, 0.15) is 11.5 Å². The van der Waals surface area contributed by atoms with E-state index in [9.17, 15) is 10.2 Å². The Morgan fingerprint density at radius 2 is 2.14 bits per heavy atom. The van der Waals surface area contributed by atoms with Gasteiger partial charge in [0.2, 0.25) is 0 Å². The van der Waals surface area contributed by atoms with E-state index in [2.05, 4.69) is 25.6 Å². The summed E-state index contributed by atoms with van der Waals surface area (Å²) in [7, 11) is 0. The maximum Gasteiger partial charge on any atom is 0.123 e. The van der Waals surface area contributed by atoms with Crippen LogP contribution in [-0.2, 0) is 6.42 Å². The van der Waals surface area contributed by atoms with Gasteiger partial charge in [-0.1, -0.05) is 23.8 Å². The molecule has 0 aromatic heterocycles. The predicted molar refractivity (Wildman–Crippen MR) is 83.1 cm³/mol. The minimum absolute atomic E-state index is 0.00936. The van der Waals surface area contributed by atoms with Gasteiger partial charge in [0.05, 0.1) is 12.5 Å². The molecule has 2 rings (SSSR count). The van der Waals surface area contributed by atoms with Crippen molar-refractivity contribution in [2.45, 2.75) is 39.0 Å². The molecule has 1 aromatic carbocycles. The van der Waals surface area contributed by atoms with Gasteiger partial charge in [-0.2, -0.15) is 5.26 Å². The predicted octanol–water partition coefficient (Wildman–Crippen LogP) is 4.18. The van der Waals surface area contributed by atoms with Gasteiger partial charge in [0.25, 0.3) is 0 Å². The fraction of sp³-hybridized carbons (Fsp3) is 0.389. The van der Waals surface area contributed by atoms with Crippen LogP contribution in [0.2, 0.25) is 0 Å². The Morgan fingerprint density at radius 3 is 2.76 bits per heavy atom. The molecule has 0 fully saturated rings. The van der Waals surface area contributed by atoms with Crippen molar-refractivity contribution in [3.8, 4) is 17.6 Å².